The van der Waals surface area contributed by atoms with Gasteiger partial charge in [0.1, 0.15) is 5.70 Å². The van der Waals surface area contributed by atoms with E-state index in [9.17, 15) is 24.8 Å². The minimum atomic E-state index is -1.35. The standard InChI is InChI=1S/C17H14N2O5/c1-11-5-7-12(8-6-11)16(20)10-15(17(21)22)18-13-3-2-4-14(9-13)19(23)24/h2-10,18H,1H3,(H,21,22). The Kier molecular flexibility index (Phi) is 5.06. The molecule has 0 aliphatic carbocycles. The number of carbonyl (C=O) groups excluding carboxylic acids is 1. The van der Waals surface area contributed by atoms with Gasteiger partial charge < -0.3 is 10.4 Å². The lowest BCUT2D eigenvalue weighted by molar-refractivity contribution is -0.384. The number of ketones is 1. The molecule has 24 heavy (non-hydrogen) atoms. The quantitative estimate of drug-likeness (QED) is 0.365. The summed E-state index contributed by atoms with van der Waals surface area (Å²) in [5.74, 6) is -1.83. The van der Waals surface area contributed by atoms with Crippen molar-refractivity contribution in [3.8, 4) is 0 Å². The molecule has 0 unspecified atom stereocenters. The van der Waals surface area contributed by atoms with Crippen LogP contribution in [-0.2, 0) is 4.79 Å². The minimum Gasteiger partial charge on any atom is -0.477 e. The van der Waals surface area contributed by atoms with Crippen molar-refractivity contribution in [1.29, 1.82) is 0 Å². The third-order valence-electron chi connectivity index (χ3n) is 3.18. The fraction of sp³-hybridized carbons (Fsp3) is 0.0588. The Labute approximate surface area is 137 Å². The Morgan fingerprint density at radius 3 is 2.42 bits per heavy atom. The van der Waals surface area contributed by atoms with Gasteiger partial charge in [-0.15, -0.1) is 0 Å². The van der Waals surface area contributed by atoms with Crippen molar-refractivity contribution in [3.63, 3.8) is 0 Å². The van der Waals surface area contributed by atoms with E-state index in [1.165, 1.54) is 24.3 Å². The molecule has 0 heterocycles. The zero-order valence-corrected chi connectivity index (χ0v) is 12.7. The van der Waals surface area contributed by atoms with Crippen LogP contribution in [0.25, 0.3) is 0 Å². The number of allylic oxidation sites excluding steroid dienone is 1. The van der Waals surface area contributed by atoms with Gasteiger partial charge in [0.25, 0.3) is 5.69 Å². The molecule has 2 N–H and O–H groups in total. The lowest BCUT2D eigenvalue weighted by Gasteiger charge is -2.07. The number of nitro benzene ring substituents is 1. The number of non-ortho nitro benzene ring substituents is 1. The number of nitrogens with zero attached hydrogens (tertiary/aromatic N) is 1. The molecule has 0 spiro atoms. The van der Waals surface area contributed by atoms with E-state index in [1.54, 1.807) is 24.3 Å². The zero-order chi connectivity index (χ0) is 17.7. The van der Waals surface area contributed by atoms with Crippen LogP contribution in [0.2, 0.25) is 0 Å². The van der Waals surface area contributed by atoms with Gasteiger partial charge in [-0.1, -0.05) is 35.9 Å². The van der Waals surface area contributed by atoms with Gasteiger partial charge in [-0.3, -0.25) is 14.9 Å². The van der Waals surface area contributed by atoms with E-state index in [-0.39, 0.29) is 17.1 Å². The van der Waals surface area contributed by atoms with Crippen LogP contribution in [0.15, 0.2) is 60.3 Å². The van der Waals surface area contributed by atoms with Crippen LogP contribution < -0.4 is 5.32 Å². The summed E-state index contributed by atoms with van der Waals surface area (Å²) in [6.45, 7) is 1.87. The van der Waals surface area contributed by atoms with Gasteiger partial charge in [0.2, 0.25) is 0 Å². The second-order valence-corrected chi connectivity index (χ2v) is 5.03. The number of carboxylic acid groups (broad SMARTS) is 1. The van der Waals surface area contributed by atoms with Crippen molar-refractivity contribution in [2.24, 2.45) is 0 Å². The van der Waals surface area contributed by atoms with Crippen LogP contribution in [0.4, 0.5) is 11.4 Å². The maximum absolute atomic E-state index is 12.1. The number of nitrogens with one attached hydrogen (secondary N) is 1. The van der Waals surface area contributed by atoms with Crippen LogP contribution in [0, 0.1) is 17.0 Å². The minimum absolute atomic E-state index is 0.186. The second-order valence-electron chi connectivity index (χ2n) is 5.03. The molecule has 0 aromatic heterocycles. The van der Waals surface area contributed by atoms with Crippen LogP contribution >= 0.6 is 0 Å². The lowest BCUT2D eigenvalue weighted by Crippen LogP contribution is -2.13. The average Bonchev–Trinajstić information content (AvgIpc) is 2.55. The van der Waals surface area contributed by atoms with Crippen molar-refractivity contribution < 1.29 is 19.6 Å². The second kappa shape index (κ2) is 7.19. The van der Waals surface area contributed by atoms with E-state index in [2.05, 4.69) is 5.32 Å². The van der Waals surface area contributed by atoms with E-state index >= 15 is 0 Å². The number of anilines is 1. The van der Waals surface area contributed by atoms with E-state index in [4.69, 9.17) is 0 Å². The molecule has 2 aromatic carbocycles. The number of nitro groups is 1. The number of carboxylic acids is 1. The monoisotopic (exact) mass is 326 g/mol. The molecule has 0 atom stereocenters. The first-order valence-corrected chi connectivity index (χ1v) is 6.94. The zero-order valence-electron chi connectivity index (χ0n) is 12.7. The van der Waals surface area contributed by atoms with Gasteiger partial charge in [0, 0.05) is 29.5 Å². The Hall–Kier alpha value is -3.48. The fourth-order valence-corrected chi connectivity index (χ4v) is 1.94. The molecule has 2 rings (SSSR count). The van der Waals surface area contributed by atoms with Crippen LogP contribution in [0.1, 0.15) is 15.9 Å². The molecular formula is C17H14N2O5. The molecule has 7 heteroatoms. The molecule has 7 nitrogen and oxygen atoms in total. The smallest absolute Gasteiger partial charge is 0.352 e. The Bertz CT molecular complexity index is 825. The van der Waals surface area contributed by atoms with Crippen molar-refractivity contribution >= 4 is 23.1 Å². The summed E-state index contributed by atoms with van der Waals surface area (Å²) in [6.07, 6.45) is 0.950. The van der Waals surface area contributed by atoms with Gasteiger partial charge in [-0.25, -0.2) is 4.79 Å². The predicted octanol–water partition coefficient (Wildman–Crippen LogP) is 3.17. The topological polar surface area (TPSA) is 110 Å². The molecule has 0 saturated carbocycles. The van der Waals surface area contributed by atoms with E-state index in [1.807, 2.05) is 6.92 Å². The van der Waals surface area contributed by atoms with Crippen LogP contribution in [0.3, 0.4) is 0 Å². The predicted molar refractivity (Wildman–Crippen MR) is 87.9 cm³/mol. The highest BCUT2D eigenvalue weighted by atomic mass is 16.6. The average molecular weight is 326 g/mol. The normalized spacial score (nSPS) is 11.0. The van der Waals surface area contributed by atoms with Crippen LogP contribution in [-0.4, -0.2) is 21.8 Å². The van der Waals surface area contributed by atoms with Crippen molar-refractivity contribution in [2.45, 2.75) is 6.92 Å². The highest BCUT2D eigenvalue weighted by molar-refractivity contribution is 6.09. The molecule has 2 aromatic rings. The summed E-state index contributed by atoms with van der Waals surface area (Å²) in [6, 6.07) is 12.1. The van der Waals surface area contributed by atoms with Gasteiger partial charge in [-0.2, -0.15) is 0 Å². The number of rotatable bonds is 6. The van der Waals surface area contributed by atoms with Crippen molar-refractivity contribution in [1.82, 2.24) is 0 Å². The highest BCUT2D eigenvalue weighted by Crippen LogP contribution is 2.19. The summed E-state index contributed by atoms with van der Waals surface area (Å²) < 4.78 is 0. The number of benzene rings is 2. The maximum atomic E-state index is 12.1. The third kappa shape index (κ3) is 4.26. The maximum Gasteiger partial charge on any atom is 0.352 e. The molecular weight excluding hydrogens is 312 g/mol. The summed E-state index contributed by atoms with van der Waals surface area (Å²) in [4.78, 5) is 33.6. The molecule has 0 radical (unpaired) electrons. The first-order chi connectivity index (χ1) is 11.4. The fourth-order valence-electron chi connectivity index (χ4n) is 1.94. The Morgan fingerprint density at radius 2 is 1.83 bits per heavy atom. The summed E-state index contributed by atoms with van der Waals surface area (Å²) in [5, 5.41) is 22.5. The largest absolute Gasteiger partial charge is 0.477 e. The number of hydrogen-bond acceptors (Lipinski definition) is 5. The first kappa shape index (κ1) is 16.9. The number of hydrogen-bond donors (Lipinski definition) is 2. The van der Waals surface area contributed by atoms with E-state index in [0.29, 0.717) is 5.56 Å². The Morgan fingerprint density at radius 1 is 1.17 bits per heavy atom. The number of aliphatic carboxylic acids is 1. The Balaban J connectivity index is 2.27. The molecule has 0 bridgehead atoms. The van der Waals surface area contributed by atoms with Gasteiger partial charge in [0.15, 0.2) is 5.78 Å². The van der Waals surface area contributed by atoms with E-state index < -0.39 is 16.7 Å². The molecule has 0 amide bonds. The molecule has 0 saturated heterocycles. The molecule has 0 aliphatic rings. The molecule has 0 fully saturated rings. The number of aryl methyl sites for hydroxylation is 1. The van der Waals surface area contributed by atoms with Gasteiger partial charge >= 0.3 is 5.97 Å². The van der Waals surface area contributed by atoms with Crippen LogP contribution in [0.5, 0.6) is 0 Å². The number of carbonyl (C=O) groups is 2. The lowest BCUT2D eigenvalue weighted by atomic mass is 10.1. The summed E-state index contributed by atoms with van der Waals surface area (Å²) >= 11 is 0. The van der Waals surface area contributed by atoms with Crippen molar-refractivity contribution in [3.05, 3.63) is 81.5 Å². The summed E-state index contributed by atoms with van der Waals surface area (Å²) in [7, 11) is 0. The van der Waals surface area contributed by atoms with Crippen molar-refractivity contribution in [2.75, 3.05) is 5.32 Å². The third-order valence-corrected chi connectivity index (χ3v) is 3.18. The first-order valence-electron chi connectivity index (χ1n) is 6.94. The molecule has 0 aliphatic heterocycles. The SMILES string of the molecule is Cc1ccc(C(=O)C=C(Nc2cccc([N+](=O)[O-])c2)C(=O)O)cc1. The molecule has 122 valence electrons. The van der Waals surface area contributed by atoms with Gasteiger partial charge in [-0.05, 0) is 13.0 Å². The summed E-state index contributed by atoms with van der Waals surface area (Å²) in [5.41, 5.74) is 0.967. The van der Waals surface area contributed by atoms with Gasteiger partial charge in [0.05, 0.1) is 4.92 Å². The van der Waals surface area contributed by atoms with E-state index in [0.717, 1.165) is 11.6 Å². The highest BCUT2D eigenvalue weighted by Gasteiger charge is 2.13.